The lowest BCUT2D eigenvalue weighted by atomic mass is 9.76. The first-order valence-corrected chi connectivity index (χ1v) is 9.14. The number of methoxy groups -OCH3 is 1. The molecule has 0 fully saturated rings. The Labute approximate surface area is 140 Å². The quantitative estimate of drug-likeness (QED) is 0.507. The van der Waals surface area contributed by atoms with Crippen molar-refractivity contribution in [3.63, 3.8) is 0 Å². The van der Waals surface area contributed by atoms with Gasteiger partial charge >= 0.3 is 6.18 Å². The van der Waals surface area contributed by atoms with E-state index >= 15 is 0 Å². The summed E-state index contributed by atoms with van der Waals surface area (Å²) in [5, 5.41) is 3.03. The van der Waals surface area contributed by atoms with Crippen LogP contribution in [0.1, 0.15) is 20.3 Å². The maximum Gasteiger partial charge on any atom is 0.395 e. The molecule has 5 nitrogen and oxygen atoms in total. The van der Waals surface area contributed by atoms with Crippen LogP contribution in [-0.4, -0.2) is 50.2 Å². The SMILES string of the molecule is COC(C1C=CC=CC1C(F)(F)F)C(C)(C)NCCCS(=O)(=O)O. The molecule has 0 aromatic heterocycles. The van der Waals surface area contributed by atoms with Gasteiger partial charge in [0.15, 0.2) is 0 Å². The lowest BCUT2D eigenvalue weighted by molar-refractivity contribution is -0.183. The summed E-state index contributed by atoms with van der Waals surface area (Å²) >= 11 is 0. The number of halogens is 3. The van der Waals surface area contributed by atoms with E-state index in [9.17, 15) is 21.6 Å². The van der Waals surface area contributed by atoms with Gasteiger partial charge in [-0.05, 0) is 26.8 Å². The first kappa shape index (κ1) is 21.1. The van der Waals surface area contributed by atoms with E-state index < -0.39 is 45.5 Å². The molecule has 0 aromatic carbocycles. The second-order valence-corrected chi connectivity index (χ2v) is 7.93. The number of rotatable bonds is 8. The Morgan fingerprint density at radius 3 is 2.33 bits per heavy atom. The zero-order valence-electron chi connectivity index (χ0n) is 13.9. The zero-order valence-corrected chi connectivity index (χ0v) is 14.7. The molecular formula is C15H24F3NO4S. The second-order valence-electron chi connectivity index (χ2n) is 6.36. The first-order valence-electron chi connectivity index (χ1n) is 7.53. The van der Waals surface area contributed by atoms with Crippen molar-refractivity contribution in [3.05, 3.63) is 24.3 Å². The Hall–Kier alpha value is -0.900. The largest absolute Gasteiger partial charge is 0.395 e. The molecule has 3 unspecified atom stereocenters. The van der Waals surface area contributed by atoms with Gasteiger partial charge in [-0.25, -0.2) is 0 Å². The summed E-state index contributed by atoms with van der Waals surface area (Å²) in [5.41, 5.74) is -0.836. The molecule has 0 saturated heterocycles. The van der Waals surface area contributed by atoms with Crippen LogP contribution in [-0.2, 0) is 14.9 Å². The van der Waals surface area contributed by atoms with Crippen LogP contribution in [0.5, 0.6) is 0 Å². The fourth-order valence-electron chi connectivity index (χ4n) is 2.94. The van der Waals surface area contributed by atoms with Gasteiger partial charge in [0.1, 0.15) is 0 Å². The van der Waals surface area contributed by atoms with Crippen molar-refractivity contribution in [1.29, 1.82) is 0 Å². The lowest BCUT2D eigenvalue weighted by Gasteiger charge is -2.41. The van der Waals surface area contributed by atoms with Gasteiger partial charge < -0.3 is 10.1 Å². The molecule has 0 bridgehead atoms. The number of ether oxygens (including phenoxy) is 1. The topological polar surface area (TPSA) is 75.6 Å². The maximum absolute atomic E-state index is 13.3. The van der Waals surface area contributed by atoms with Crippen molar-refractivity contribution in [3.8, 4) is 0 Å². The lowest BCUT2D eigenvalue weighted by Crippen LogP contribution is -2.56. The second kappa shape index (κ2) is 7.99. The minimum Gasteiger partial charge on any atom is -0.379 e. The Morgan fingerprint density at radius 1 is 1.25 bits per heavy atom. The van der Waals surface area contributed by atoms with E-state index in [0.717, 1.165) is 6.08 Å². The summed E-state index contributed by atoms with van der Waals surface area (Å²) in [6, 6.07) is 0. The molecule has 0 radical (unpaired) electrons. The van der Waals surface area contributed by atoms with E-state index in [2.05, 4.69) is 5.32 Å². The van der Waals surface area contributed by atoms with Crippen LogP contribution in [0.25, 0.3) is 0 Å². The summed E-state index contributed by atoms with van der Waals surface area (Å²) in [7, 11) is -2.70. The standard InChI is InChI=1S/C15H24F3NO4S/c1-14(2,19-9-6-10-24(20,21)22)13(23-3)11-7-4-5-8-12(11)15(16,17)18/h4-5,7-8,11-13,19H,6,9-10H2,1-3H3,(H,20,21,22). The Morgan fingerprint density at radius 2 is 1.83 bits per heavy atom. The highest BCUT2D eigenvalue weighted by molar-refractivity contribution is 7.85. The summed E-state index contributed by atoms with van der Waals surface area (Å²) in [4.78, 5) is 0. The van der Waals surface area contributed by atoms with E-state index in [4.69, 9.17) is 9.29 Å². The van der Waals surface area contributed by atoms with Gasteiger partial charge in [-0.1, -0.05) is 24.3 Å². The van der Waals surface area contributed by atoms with Crippen molar-refractivity contribution in [2.45, 2.75) is 38.1 Å². The number of allylic oxidation sites excluding steroid dienone is 3. The van der Waals surface area contributed by atoms with Gasteiger partial charge in [-0.2, -0.15) is 21.6 Å². The smallest absolute Gasteiger partial charge is 0.379 e. The van der Waals surface area contributed by atoms with Crippen LogP contribution in [0.3, 0.4) is 0 Å². The third-order valence-electron chi connectivity index (χ3n) is 4.03. The molecule has 1 aliphatic rings. The number of alkyl halides is 3. The third kappa shape index (κ3) is 6.19. The van der Waals surface area contributed by atoms with Gasteiger partial charge in [-0.15, -0.1) is 0 Å². The molecule has 0 aliphatic heterocycles. The van der Waals surface area contributed by atoms with Crippen molar-refractivity contribution in [2.24, 2.45) is 11.8 Å². The van der Waals surface area contributed by atoms with Gasteiger partial charge in [0, 0.05) is 18.6 Å². The summed E-state index contributed by atoms with van der Waals surface area (Å²) in [5.74, 6) is -2.96. The van der Waals surface area contributed by atoms with Crippen molar-refractivity contribution in [2.75, 3.05) is 19.4 Å². The van der Waals surface area contributed by atoms with Crippen LogP contribution < -0.4 is 5.32 Å². The molecule has 140 valence electrons. The van der Waals surface area contributed by atoms with E-state index in [1.54, 1.807) is 19.9 Å². The van der Waals surface area contributed by atoms with Gasteiger partial charge in [0.2, 0.25) is 0 Å². The van der Waals surface area contributed by atoms with Crippen molar-refractivity contribution >= 4 is 10.1 Å². The van der Waals surface area contributed by atoms with Gasteiger partial charge in [-0.3, -0.25) is 4.55 Å². The minimum atomic E-state index is -4.39. The van der Waals surface area contributed by atoms with Crippen LogP contribution >= 0.6 is 0 Å². The van der Waals surface area contributed by atoms with E-state index in [1.807, 2.05) is 0 Å². The van der Waals surface area contributed by atoms with Crippen molar-refractivity contribution < 1.29 is 30.9 Å². The zero-order chi connectivity index (χ0) is 18.6. The molecule has 1 aliphatic carbocycles. The molecule has 24 heavy (non-hydrogen) atoms. The summed E-state index contributed by atoms with van der Waals surface area (Å²) < 4.78 is 75.3. The Kier molecular flexibility index (Phi) is 7.04. The molecular weight excluding hydrogens is 347 g/mol. The normalized spacial score (nSPS) is 23.5. The number of hydrogen-bond acceptors (Lipinski definition) is 4. The predicted octanol–water partition coefficient (Wildman–Crippen LogP) is 2.57. The highest BCUT2D eigenvalue weighted by Crippen LogP contribution is 2.40. The summed E-state index contributed by atoms with van der Waals surface area (Å²) in [6.45, 7) is 3.62. The van der Waals surface area contributed by atoms with E-state index in [-0.39, 0.29) is 13.0 Å². The molecule has 3 atom stereocenters. The minimum absolute atomic E-state index is 0.141. The number of hydrogen-bond donors (Lipinski definition) is 2. The first-order chi connectivity index (χ1) is 10.9. The maximum atomic E-state index is 13.3. The average molecular weight is 371 g/mol. The summed E-state index contributed by atoms with van der Waals surface area (Å²) in [6.07, 6.45) is 0.502. The molecule has 1 rings (SSSR count). The third-order valence-corrected chi connectivity index (χ3v) is 4.83. The Bertz CT molecular complexity index is 570. The molecule has 2 N–H and O–H groups in total. The number of nitrogens with one attached hydrogen (secondary N) is 1. The fourth-order valence-corrected chi connectivity index (χ4v) is 3.45. The van der Waals surface area contributed by atoms with Gasteiger partial charge in [0.05, 0.1) is 17.8 Å². The average Bonchev–Trinajstić information content (AvgIpc) is 2.43. The van der Waals surface area contributed by atoms with Crippen LogP contribution in [0, 0.1) is 11.8 Å². The van der Waals surface area contributed by atoms with Crippen LogP contribution in [0.4, 0.5) is 13.2 Å². The molecule has 0 saturated carbocycles. The predicted molar refractivity (Wildman–Crippen MR) is 85.2 cm³/mol. The molecule has 0 aromatic rings. The fraction of sp³-hybridized carbons (Fsp3) is 0.733. The van der Waals surface area contributed by atoms with Crippen molar-refractivity contribution in [1.82, 2.24) is 5.32 Å². The van der Waals surface area contributed by atoms with Crippen LogP contribution in [0.2, 0.25) is 0 Å². The molecule has 0 heterocycles. The van der Waals surface area contributed by atoms with E-state index in [1.165, 1.54) is 19.3 Å². The Balaban J connectivity index is 2.81. The molecule has 0 amide bonds. The highest BCUT2D eigenvalue weighted by atomic mass is 32.2. The highest BCUT2D eigenvalue weighted by Gasteiger charge is 2.48. The monoisotopic (exact) mass is 371 g/mol. The molecule has 9 heteroatoms. The molecule has 0 spiro atoms. The van der Waals surface area contributed by atoms with Gasteiger partial charge in [0.25, 0.3) is 10.1 Å². The van der Waals surface area contributed by atoms with E-state index in [0.29, 0.717) is 0 Å². The van der Waals surface area contributed by atoms with Crippen LogP contribution in [0.15, 0.2) is 24.3 Å².